The SMILES string of the molecule is CCC(C)Sc1nc(C(OC)c2c(F)cccc2F)c(C)c(=O)[nH]1. The maximum atomic E-state index is 14.1. The third-order valence-electron chi connectivity index (χ3n) is 3.80. The second kappa shape index (κ2) is 7.90. The van der Waals surface area contributed by atoms with E-state index < -0.39 is 17.7 Å². The highest BCUT2D eigenvalue weighted by Crippen LogP contribution is 2.31. The number of H-pyrrole nitrogens is 1. The first-order valence-electron chi connectivity index (χ1n) is 7.63. The summed E-state index contributed by atoms with van der Waals surface area (Å²) in [7, 11) is 1.33. The zero-order chi connectivity index (χ0) is 17.9. The summed E-state index contributed by atoms with van der Waals surface area (Å²) in [5.41, 5.74) is -0.0978. The quantitative estimate of drug-likeness (QED) is 0.630. The van der Waals surface area contributed by atoms with Crippen LogP contribution in [0.15, 0.2) is 28.2 Å². The molecule has 130 valence electrons. The van der Waals surface area contributed by atoms with Crippen LogP contribution in [0, 0.1) is 18.6 Å². The third-order valence-corrected chi connectivity index (χ3v) is 4.95. The normalized spacial score (nSPS) is 13.8. The van der Waals surface area contributed by atoms with Crippen LogP contribution >= 0.6 is 11.8 Å². The van der Waals surface area contributed by atoms with Gasteiger partial charge in [0.15, 0.2) is 5.16 Å². The topological polar surface area (TPSA) is 55.0 Å². The maximum absolute atomic E-state index is 14.1. The minimum atomic E-state index is -1.09. The smallest absolute Gasteiger partial charge is 0.254 e. The number of ether oxygens (including phenoxy) is 1. The zero-order valence-electron chi connectivity index (χ0n) is 14.0. The van der Waals surface area contributed by atoms with Crippen molar-refractivity contribution >= 4 is 11.8 Å². The summed E-state index contributed by atoms with van der Waals surface area (Å²) in [6.45, 7) is 5.59. The molecule has 1 aromatic heterocycles. The Balaban J connectivity index is 2.58. The van der Waals surface area contributed by atoms with Crippen molar-refractivity contribution < 1.29 is 13.5 Å². The van der Waals surface area contributed by atoms with Crippen LogP contribution in [0.3, 0.4) is 0 Å². The lowest BCUT2D eigenvalue weighted by atomic mass is 10.0. The number of nitrogens with one attached hydrogen (secondary N) is 1. The molecule has 0 aliphatic heterocycles. The molecular weight excluding hydrogens is 334 g/mol. The first-order valence-corrected chi connectivity index (χ1v) is 8.51. The van der Waals surface area contributed by atoms with E-state index in [9.17, 15) is 13.6 Å². The largest absolute Gasteiger partial charge is 0.370 e. The highest BCUT2D eigenvalue weighted by Gasteiger charge is 2.26. The van der Waals surface area contributed by atoms with Gasteiger partial charge in [0, 0.05) is 17.9 Å². The first kappa shape index (κ1) is 18.6. The molecule has 0 bridgehead atoms. The van der Waals surface area contributed by atoms with Crippen LogP contribution < -0.4 is 5.56 Å². The number of aromatic nitrogens is 2. The number of halogens is 2. The van der Waals surface area contributed by atoms with Gasteiger partial charge in [-0.2, -0.15) is 0 Å². The third kappa shape index (κ3) is 3.84. The van der Waals surface area contributed by atoms with Gasteiger partial charge in [-0.15, -0.1) is 0 Å². The summed E-state index contributed by atoms with van der Waals surface area (Å²) in [4.78, 5) is 19.3. The van der Waals surface area contributed by atoms with E-state index in [0.29, 0.717) is 5.16 Å². The molecule has 1 heterocycles. The van der Waals surface area contributed by atoms with Gasteiger partial charge in [0.05, 0.1) is 11.3 Å². The van der Waals surface area contributed by atoms with Gasteiger partial charge in [-0.1, -0.05) is 31.7 Å². The lowest BCUT2D eigenvalue weighted by Gasteiger charge is -2.19. The van der Waals surface area contributed by atoms with E-state index in [2.05, 4.69) is 9.97 Å². The number of hydrogen-bond donors (Lipinski definition) is 1. The van der Waals surface area contributed by atoms with Gasteiger partial charge in [-0.3, -0.25) is 4.79 Å². The van der Waals surface area contributed by atoms with Crippen molar-refractivity contribution in [2.24, 2.45) is 0 Å². The molecule has 2 rings (SSSR count). The summed E-state index contributed by atoms with van der Waals surface area (Å²) in [6.07, 6.45) is -0.197. The fourth-order valence-electron chi connectivity index (χ4n) is 2.24. The van der Waals surface area contributed by atoms with Gasteiger partial charge in [0.25, 0.3) is 5.56 Å². The second-order valence-electron chi connectivity index (χ2n) is 5.47. The molecule has 2 aromatic rings. The lowest BCUT2D eigenvalue weighted by Crippen LogP contribution is -2.21. The van der Waals surface area contributed by atoms with Gasteiger partial charge >= 0.3 is 0 Å². The Kier molecular flexibility index (Phi) is 6.12. The maximum Gasteiger partial charge on any atom is 0.254 e. The van der Waals surface area contributed by atoms with E-state index >= 15 is 0 Å². The molecule has 1 N–H and O–H groups in total. The fourth-order valence-corrected chi connectivity index (χ4v) is 3.09. The molecule has 0 amide bonds. The highest BCUT2D eigenvalue weighted by molar-refractivity contribution is 7.99. The van der Waals surface area contributed by atoms with Crippen molar-refractivity contribution in [1.82, 2.24) is 9.97 Å². The molecule has 0 spiro atoms. The Bertz CT molecular complexity index is 759. The zero-order valence-corrected chi connectivity index (χ0v) is 14.8. The minimum Gasteiger partial charge on any atom is -0.370 e. The van der Waals surface area contributed by atoms with E-state index in [4.69, 9.17) is 4.74 Å². The standard InChI is InChI=1S/C17H20F2N2O2S/c1-5-9(2)24-17-20-14(10(3)16(22)21-17)15(23-4)13-11(18)7-6-8-12(13)19/h6-9,15H,5H2,1-4H3,(H,20,21,22). The fraction of sp³-hybridized carbons (Fsp3) is 0.412. The van der Waals surface area contributed by atoms with E-state index in [-0.39, 0.29) is 27.6 Å². The van der Waals surface area contributed by atoms with Gasteiger partial charge in [0.2, 0.25) is 0 Å². The Morgan fingerprint density at radius 2 is 1.96 bits per heavy atom. The van der Waals surface area contributed by atoms with Gasteiger partial charge in [0.1, 0.15) is 17.7 Å². The summed E-state index contributed by atoms with van der Waals surface area (Å²) < 4.78 is 33.6. The Morgan fingerprint density at radius 3 is 2.50 bits per heavy atom. The molecule has 0 radical (unpaired) electrons. The van der Waals surface area contributed by atoms with Crippen LogP contribution in [0.25, 0.3) is 0 Å². The average molecular weight is 354 g/mol. The monoisotopic (exact) mass is 354 g/mol. The van der Waals surface area contributed by atoms with Crippen molar-refractivity contribution in [3.05, 3.63) is 57.0 Å². The molecule has 4 nitrogen and oxygen atoms in total. The van der Waals surface area contributed by atoms with Crippen molar-refractivity contribution in [3.63, 3.8) is 0 Å². The van der Waals surface area contributed by atoms with Gasteiger partial charge < -0.3 is 9.72 Å². The summed E-state index contributed by atoms with van der Waals surface area (Å²) in [6, 6.07) is 3.59. The number of thioether (sulfide) groups is 1. The van der Waals surface area contributed by atoms with Crippen LogP contribution in [0.4, 0.5) is 8.78 Å². The molecule has 0 saturated carbocycles. The van der Waals surface area contributed by atoms with Gasteiger partial charge in [-0.25, -0.2) is 13.8 Å². The van der Waals surface area contributed by atoms with Crippen LogP contribution in [0.5, 0.6) is 0 Å². The van der Waals surface area contributed by atoms with Crippen molar-refractivity contribution in [2.45, 2.75) is 43.7 Å². The number of nitrogens with zero attached hydrogens (tertiary/aromatic N) is 1. The Hall–Kier alpha value is -1.73. The van der Waals surface area contributed by atoms with E-state index in [0.717, 1.165) is 18.6 Å². The predicted molar refractivity (Wildman–Crippen MR) is 90.4 cm³/mol. The lowest BCUT2D eigenvalue weighted by molar-refractivity contribution is 0.124. The molecular formula is C17H20F2N2O2S. The summed E-state index contributed by atoms with van der Waals surface area (Å²) >= 11 is 1.40. The second-order valence-corrected chi connectivity index (χ2v) is 6.90. The average Bonchev–Trinajstić information content (AvgIpc) is 2.54. The van der Waals surface area contributed by atoms with E-state index in [1.807, 2.05) is 13.8 Å². The molecule has 1 aromatic carbocycles. The first-order chi connectivity index (χ1) is 11.4. The molecule has 0 aliphatic rings. The molecule has 7 heteroatoms. The van der Waals surface area contributed by atoms with Crippen molar-refractivity contribution in [1.29, 1.82) is 0 Å². The molecule has 2 unspecified atom stereocenters. The Labute approximate surface area is 143 Å². The number of benzene rings is 1. The van der Waals surface area contributed by atoms with Crippen LogP contribution in [-0.4, -0.2) is 22.3 Å². The molecule has 24 heavy (non-hydrogen) atoms. The molecule has 2 atom stereocenters. The predicted octanol–water partition coefficient (Wildman–Crippen LogP) is 3.98. The summed E-state index contributed by atoms with van der Waals surface area (Å²) in [5.74, 6) is -1.47. The number of rotatable bonds is 6. The minimum absolute atomic E-state index is 0.219. The number of methoxy groups -OCH3 is 1. The number of hydrogen-bond acceptors (Lipinski definition) is 4. The Morgan fingerprint density at radius 1 is 1.33 bits per heavy atom. The van der Waals surface area contributed by atoms with E-state index in [1.54, 1.807) is 6.92 Å². The molecule has 0 saturated heterocycles. The van der Waals surface area contributed by atoms with Crippen LogP contribution in [0.1, 0.15) is 43.2 Å². The van der Waals surface area contributed by atoms with E-state index in [1.165, 1.54) is 24.9 Å². The number of aromatic amines is 1. The van der Waals surface area contributed by atoms with Crippen LogP contribution in [-0.2, 0) is 4.74 Å². The molecule has 0 aliphatic carbocycles. The highest BCUT2D eigenvalue weighted by atomic mass is 32.2. The van der Waals surface area contributed by atoms with Crippen molar-refractivity contribution in [2.75, 3.05) is 7.11 Å². The van der Waals surface area contributed by atoms with Crippen LogP contribution in [0.2, 0.25) is 0 Å². The van der Waals surface area contributed by atoms with Crippen molar-refractivity contribution in [3.8, 4) is 0 Å². The summed E-state index contributed by atoms with van der Waals surface area (Å²) in [5, 5.41) is 0.656. The molecule has 0 fully saturated rings. The van der Waals surface area contributed by atoms with Gasteiger partial charge in [-0.05, 0) is 25.5 Å².